The molecule has 0 spiro atoms. The first kappa shape index (κ1) is 16.5. The van der Waals surface area contributed by atoms with Crippen LogP contribution in [0, 0.1) is 13.8 Å². The molecular weight excluding hydrogens is 294 g/mol. The van der Waals surface area contributed by atoms with Crippen molar-refractivity contribution >= 4 is 11.8 Å². The van der Waals surface area contributed by atoms with Crippen LogP contribution in [0.1, 0.15) is 28.4 Å². The Morgan fingerprint density at radius 3 is 2.48 bits per heavy atom. The van der Waals surface area contributed by atoms with E-state index in [1.807, 2.05) is 32.0 Å². The first-order chi connectivity index (χ1) is 11.0. The van der Waals surface area contributed by atoms with E-state index in [4.69, 9.17) is 4.74 Å². The molecule has 120 valence electrons. The molecule has 2 aromatic rings. The van der Waals surface area contributed by atoms with E-state index < -0.39 is 17.9 Å². The van der Waals surface area contributed by atoms with E-state index in [1.54, 1.807) is 19.1 Å². The second-order valence-electron chi connectivity index (χ2n) is 5.14. The summed E-state index contributed by atoms with van der Waals surface area (Å²) in [4.78, 5) is 27.7. The molecule has 0 aliphatic rings. The zero-order chi connectivity index (χ0) is 16.8. The number of benzene rings is 1. The van der Waals surface area contributed by atoms with E-state index in [1.165, 1.54) is 12.4 Å². The maximum Gasteiger partial charge on any atom is 0.279 e. The van der Waals surface area contributed by atoms with Gasteiger partial charge in [-0.3, -0.25) is 25.4 Å². The molecule has 0 radical (unpaired) electrons. The lowest BCUT2D eigenvalue weighted by Gasteiger charge is -2.17. The van der Waals surface area contributed by atoms with E-state index in [2.05, 4.69) is 15.8 Å². The Labute approximate surface area is 134 Å². The average molecular weight is 313 g/mol. The van der Waals surface area contributed by atoms with Crippen molar-refractivity contribution in [3.63, 3.8) is 0 Å². The third kappa shape index (κ3) is 4.29. The van der Waals surface area contributed by atoms with Gasteiger partial charge in [0, 0.05) is 18.0 Å². The quantitative estimate of drug-likeness (QED) is 0.845. The Balaban J connectivity index is 1.90. The highest BCUT2D eigenvalue weighted by Crippen LogP contribution is 2.21. The molecule has 0 bridgehead atoms. The largest absolute Gasteiger partial charge is 0.481 e. The second-order valence-corrected chi connectivity index (χ2v) is 5.14. The van der Waals surface area contributed by atoms with E-state index in [9.17, 15) is 9.59 Å². The van der Waals surface area contributed by atoms with Crippen LogP contribution in [-0.2, 0) is 4.79 Å². The van der Waals surface area contributed by atoms with Crippen molar-refractivity contribution in [1.29, 1.82) is 0 Å². The SMILES string of the molecule is Cc1cccc(OC(C)C(=O)NNC(=O)c2ccncc2)c1C. The lowest BCUT2D eigenvalue weighted by atomic mass is 10.1. The molecule has 1 unspecified atom stereocenters. The Hall–Kier alpha value is -2.89. The predicted molar refractivity (Wildman–Crippen MR) is 85.9 cm³/mol. The fourth-order valence-electron chi connectivity index (χ4n) is 1.89. The molecule has 23 heavy (non-hydrogen) atoms. The fourth-order valence-corrected chi connectivity index (χ4v) is 1.89. The maximum atomic E-state index is 12.0. The van der Waals surface area contributed by atoms with Crippen LogP contribution < -0.4 is 15.6 Å². The Morgan fingerprint density at radius 1 is 1.09 bits per heavy atom. The summed E-state index contributed by atoms with van der Waals surface area (Å²) in [5, 5.41) is 0. The number of hydrazine groups is 1. The van der Waals surface area contributed by atoms with Crippen LogP contribution >= 0.6 is 0 Å². The molecule has 1 aromatic carbocycles. The van der Waals surface area contributed by atoms with Crippen LogP contribution in [0.25, 0.3) is 0 Å². The van der Waals surface area contributed by atoms with Gasteiger partial charge in [0.1, 0.15) is 5.75 Å². The summed E-state index contributed by atoms with van der Waals surface area (Å²) in [5.74, 6) is -0.207. The minimum Gasteiger partial charge on any atom is -0.481 e. The Bertz CT molecular complexity index is 701. The smallest absolute Gasteiger partial charge is 0.279 e. The van der Waals surface area contributed by atoms with Crippen molar-refractivity contribution in [2.45, 2.75) is 26.9 Å². The van der Waals surface area contributed by atoms with Crippen LogP contribution in [0.2, 0.25) is 0 Å². The minimum atomic E-state index is -0.742. The lowest BCUT2D eigenvalue weighted by Crippen LogP contribution is -2.47. The zero-order valence-electron chi connectivity index (χ0n) is 13.3. The molecule has 0 aliphatic carbocycles. The molecule has 0 fully saturated rings. The number of aryl methyl sites for hydroxylation is 1. The van der Waals surface area contributed by atoms with Gasteiger partial charge in [-0.1, -0.05) is 12.1 Å². The van der Waals surface area contributed by atoms with Gasteiger partial charge in [0.15, 0.2) is 6.10 Å². The minimum absolute atomic E-state index is 0.406. The average Bonchev–Trinajstić information content (AvgIpc) is 2.57. The van der Waals surface area contributed by atoms with Gasteiger partial charge < -0.3 is 4.74 Å². The second kappa shape index (κ2) is 7.40. The van der Waals surface area contributed by atoms with Gasteiger partial charge in [-0.15, -0.1) is 0 Å². The summed E-state index contributed by atoms with van der Waals surface area (Å²) < 4.78 is 5.65. The molecule has 0 saturated carbocycles. The van der Waals surface area contributed by atoms with E-state index in [0.717, 1.165) is 11.1 Å². The number of rotatable bonds is 4. The van der Waals surface area contributed by atoms with Crippen LogP contribution in [0.5, 0.6) is 5.75 Å². The van der Waals surface area contributed by atoms with Gasteiger partial charge in [0.2, 0.25) is 0 Å². The van der Waals surface area contributed by atoms with Gasteiger partial charge in [0.25, 0.3) is 11.8 Å². The number of hydrogen-bond donors (Lipinski definition) is 2. The number of amides is 2. The molecule has 0 saturated heterocycles. The number of nitrogens with zero attached hydrogens (tertiary/aromatic N) is 1. The summed E-state index contributed by atoms with van der Waals surface area (Å²) >= 11 is 0. The number of pyridine rings is 1. The highest BCUT2D eigenvalue weighted by Gasteiger charge is 2.17. The van der Waals surface area contributed by atoms with E-state index in [-0.39, 0.29) is 0 Å². The molecule has 2 amide bonds. The number of carbonyl (C=O) groups excluding carboxylic acids is 2. The summed E-state index contributed by atoms with van der Waals surface area (Å²) in [7, 11) is 0. The standard InChI is InChI=1S/C17H19N3O3/c1-11-5-4-6-15(12(11)2)23-13(3)16(21)19-20-17(22)14-7-9-18-10-8-14/h4-10,13H,1-3H3,(H,19,21)(H,20,22). The Kier molecular flexibility index (Phi) is 5.30. The van der Waals surface area contributed by atoms with Gasteiger partial charge in [0.05, 0.1) is 0 Å². The Morgan fingerprint density at radius 2 is 1.78 bits per heavy atom. The van der Waals surface area contributed by atoms with Crippen molar-refractivity contribution in [1.82, 2.24) is 15.8 Å². The number of aromatic nitrogens is 1. The number of carbonyl (C=O) groups is 2. The van der Waals surface area contributed by atoms with Crippen molar-refractivity contribution in [3.8, 4) is 5.75 Å². The highest BCUT2D eigenvalue weighted by molar-refractivity contribution is 5.95. The van der Waals surface area contributed by atoms with Gasteiger partial charge in [-0.05, 0) is 50.1 Å². The monoisotopic (exact) mass is 313 g/mol. The first-order valence-electron chi connectivity index (χ1n) is 7.22. The summed E-state index contributed by atoms with van der Waals surface area (Å²) in [6, 6.07) is 8.76. The van der Waals surface area contributed by atoms with Crippen molar-refractivity contribution < 1.29 is 14.3 Å². The third-order valence-electron chi connectivity index (χ3n) is 3.47. The molecule has 2 N–H and O–H groups in total. The van der Waals surface area contributed by atoms with Gasteiger partial charge in [-0.25, -0.2) is 0 Å². The molecule has 0 aliphatic heterocycles. The van der Waals surface area contributed by atoms with Crippen LogP contribution in [0.15, 0.2) is 42.7 Å². The first-order valence-corrected chi connectivity index (χ1v) is 7.22. The maximum absolute atomic E-state index is 12.0. The van der Waals surface area contributed by atoms with Crippen molar-refractivity contribution in [2.75, 3.05) is 0 Å². The molecule has 1 atom stereocenters. The summed E-state index contributed by atoms with van der Waals surface area (Å²) in [6.07, 6.45) is 2.26. The molecule has 6 nitrogen and oxygen atoms in total. The van der Waals surface area contributed by atoms with Crippen molar-refractivity contribution in [2.24, 2.45) is 0 Å². The van der Waals surface area contributed by atoms with Crippen LogP contribution in [0.4, 0.5) is 0 Å². The van der Waals surface area contributed by atoms with E-state index in [0.29, 0.717) is 11.3 Å². The summed E-state index contributed by atoms with van der Waals surface area (Å²) in [6.45, 7) is 5.53. The van der Waals surface area contributed by atoms with Gasteiger partial charge >= 0.3 is 0 Å². The molecule has 2 rings (SSSR count). The zero-order valence-corrected chi connectivity index (χ0v) is 13.3. The molecule has 1 heterocycles. The highest BCUT2D eigenvalue weighted by atomic mass is 16.5. The van der Waals surface area contributed by atoms with Crippen LogP contribution in [-0.4, -0.2) is 22.9 Å². The fraction of sp³-hybridized carbons (Fsp3) is 0.235. The molecule has 1 aromatic heterocycles. The lowest BCUT2D eigenvalue weighted by molar-refractivity contribution is -0.128. The number of hydrogen-bond acceptors (Lipinski definition) is 4. The van der Waals surface area contributed by atoms with Crippen LogP contribution in [0.3, 0.4) is 0 Å². The normalized spacial score (nSPS) is 11.4. The topological polar surface area (TPSA) is 80.3 Å². The summed E-state index contributed by atoms with van der Waals surface area (Å²) in [5.41, 5.74) is 7.17. The number of ether oxygens (including phenoxy) is 1. The molecular formula is C17H19N3O3. The number of nitrogens with one attached hydrogen (secondary N) is 2. The third-order valence-corrected chi connectivity index (χ3v) is 3.47. The van der Waals surface area contributed by atoms with Gasteiger partial charge in [-0.2, -0.15) is 0 Å². The van der Waals surface area contributed by atoms with Crippen molar-refractivity contribution in [3.05, 3.63) is 59.4 Å². The van der Waals surface area contributed by atoms with E-state index >= 15 is 0 Å². The molecule has 6 heteroatoms. The predicted octanol–water partition coefficient (Wildman–Crippen LogP) is 1.93.